The Morgan fingerprint density at radius 1 is 1.09 bits per heavy atom. The largest absolute Gasteiger partial charge is 0.329 e. The minimum absolute atomic E-state index is 0.0988. The molecule has 0 aliphatic carbocycles. The summed E-state index contributed by atoms with van der Waals surface area (Å²) in [6.07, 6.45) is 1.50. The molecule has 0 radical (unpaired) electrons. The summed E-state index contributed by atoms with van der Waals surface area (Å²) in [5.41, 5.74) is -0.203. The van der Waals surface area contributed by atoms with Crippen LogP contribution in [0.3, 0.4) is 0 Å². The predicted octanol–water partition coefficient (Wildman–Crippen LogP) is 3.12. The van der Waals surface area contributed by atoms with Crippen LogP contribution in [0.15, 0.2) is 58.4 Å². The van der Waals surface area contributed by atoms with Gasteiger partial charge in [-0.15, -0.1) is 0 Å². The molecule has 8 heteroatoms. The predicted molar refractivity (Wildman–Crippen MR) is 86.8 cm³/mol. The number of pyridine rings is 1. The number of H-pyrrole nitrogens is 1. The fourth-order valence-corrected chi connectivity index (χ4v) is 3.53. The molecule has 0 aliphatic rings. The van der Waals surface area contributed by atoms with Gasteiger partial charge in [0.2, 0.25) is 0 Å². The molecule has 5 nitrogen and oxygen atoms in total. The Bertz CT molecular complexity index is 1060. The highest BCUT2D eigenvalue weighted by Crippen LogP contribution is 2.23. The molecule has 3 aromatic rings. The van der Waals surface area contributed by atoms with Gasteiger partial charge in [-0.3, -0.25) is 9.52 Å². The molecule has 0 aliphatic heterocycles. The fraction of sp³-hybridized carbons (Fsp3) is 0. The van der Waals surface area contributed by atoms with E-state index in [-0.39, 0.29) is 16.3 Å². The van der Waals surface area contributed by atoms with Gasteiger partial charge >= 0.3 is 0 Å². The number of anilines is 1. The second kappa shape index (κ2) is 5.68. The molecule has 0 spiro atoms. The van der Waals surface area contributed by atoms with Crippen molar-refractivity contribution in [1.82, 2.24) is 4.98 Å². The van der Waals surface area contributed by atoms with Gasteiger partial charge in [0, 0.05) is 22.3 Å². The molecule has 0 bridgehead atoms. The maximum absolute atomic E-state index is 13.8. The lowest BCUT2D eigenvalue weighted by Crippen LogP contribution is -2.15. The highest BCUT2D eigenvalue weighted by molar-refractivity contribution is 7.92. The highest BCUT2D eigenvalue weighted by Gasteiger charge is 2.20. The van der Waals surface area contributed by atoms with Crippen molar-refractivity contribution in [2.45, 2.75) is 4.90 Å². The molecule has 3 rings (SSSR count). The topological polar surface area (TPSA) is 79.0 Å². The molecule has 0 unspecified atom stereocenters. The van der Waals surface area contributed by atoms with Crippen LogP contribution < -0.4 is 10.3 Å². The summed E-state index contributed by atoms with van der Waals surface area (Å²) in [5.74, 6) is -0.916. The van der Waals surface area contributed by atoms with Crippen LogP contribution in [0, 0.1) is 5.82 Å². The van der Waals surface area contributed by atoms with Gasteiger partial charge in [-0.2, -0.15) is 0 Å². The molecule has 0 amide bonds. The Kier molecular flexibility index (Phi) is 3.83. The van der Waals surface area contributed by atoms with Crippen LogP contribution in [0.5, 0.6) is 0 Å². The molecule has 0 fully saturated rings. The lowest BCUT2D eigenvalue weighted by Gasteiger charge is -2.10. The number of halogens is 2. The third-order valence-corrected chi connectivity index (χ3v) is 4.84. The third-order valence-electron chi connectivity index (χ3n) is 3.21. The first-order valence-electron chi connectivity index (χ1n) is 6.46. The highest BCUT2D eigenvalue weighted by atomic mass is 35.5. The number of benzene rings is 2. The zero-order valence-corrected chi connectivity index (χ0v) is 13.1. The van der Waals surface area contributed by atoms with Gasteiger partial charge in [0.05, 0.1) is 0 Å². The Morgan fingerprint density at radius 3 is 2.65 bits per heavy atom. The maximum atomic E-state index is 13.8. The minimum Gasteiger partial charge on any atom is -0.329 e. The third kappa shape index (κ3) is 3.06. The van der Waals surface area contributed by atoms with Crippen LogP contribution in [0.4, 0.5) is 10.1 Å². The summed E-state index contributed by atoms with van der Waals surface area (Å²) in [6, 6.07) is 9.40. The Hall–Kier alpha value is -2.38. The summed E-state index contributed by atoms with van der Waals surface area (Å²) in [5, 5.41) is 1.08. The Morgan fingerprint density at radius 2 is 1.87 bits per heavy atom. The molecule has 0 saturated heterocycles. The fourth-order valence-electron chi connectivity index (χ4n) is 2.14. The van der Waals surface area contributed by atoms with Gasteiger partial charge in [0.1, 0.15) is 10.7 Å². The van der Waals surface area contributed by atoms with Crippen LogP contribution in [0.25, 0.3) is 10.8 Å². The first-order valence-corrected chi connectivity index (χ1v) is 8.32. The number of hydrogen-bond acceptors (Lipinski definition) is 3. The molecule has 23 heavy (non-hydrogen) atoms. The van der Waals surface area contributed by atoms with Gasteiger partial charge in [-0.1, -0.05) is 17.7 Å². The van der Waals surface area contributed by atoms with Crippen molar-refractivity contribution in [1.29, 1.82) is 0 Å². The van der Waals surface area contributed by atoms with Gasteiger partial charge in [-0.05, 0) is 41.8 Å². The second-order valence-corrected chi connectivity index (χ2v) is 6.88. The maximum Gasteiger partial charge on any atom is 0.264 e. The lowest BCUT2D eigenvalue weighted by molar-refractivity contribution is 0.570. The lowest BCUT2D eigenvalue weighted by atomic mass is 10.1. The van der Waals surface area contributed by atoms with Crippen molar-refractivity contribution in [3.8, 4) is 0 Å². The van der Waals surface area contributed by atoms with Crippen molar-refractivity contribution < 1.29 is 12.8 Å². The van der Waals surface area contributed by atoms with E-state index in [1.165, 1.54) is 24.4 Å². The van der Waals surface area contributed by atoms with Gasteiger partial charge in [0.25, 0.3) is 15.6 Å². The second-order valence-electron chi connectivity index (χ2n) is 4.79. The molecule has 1 heterocycles. The van der Waals surface area contributed by atoms with E-state index in [2.05, 4.69) is 9.71 Å². The standard InChI is InChI=1S/C15H10ClFN2O3S/c16-10-2-4-13(17)14(7-10)23(21,22)19-11-3-1-9-5-6-18-15(20)12(9)8-11/h1-8,19H,(H,18,20). The van der Waals surface area contributed by atoms with E-state index in [9.17, 15) is 17.6 Å². The van der Waals surface area contributed by atoms with Crippen molar-refractivity contribution in [3.63, 3.8) is 0 Å². The Labute approximate surface area is 135 Å². The molecular formula is C15H10ClFN2O3S. The smallest absolute Gasteiger partial charge is 0.264 e. The first kappa shape index (κ1) is 15.5. The summed E-state index contributed by atoms with van der Waals surface area (Å²) < 4.78 is 40.6. The number of fused-ring (bicyclic) bond motifs is 1. The van der Waals surface area contributed by atoms with Gasteiger partial charge in [-0.25, -0.2) is 12.8 Å². The van der Waals surface area contributed by atoms with E-state index >= 15 is 0 Å². The summed E-state index contributed by atoms with van der Waals surface area (Å²) in [6.45, 7) is 0. The monoisotopic (exact) mass is 352 g/mol. The van der Waals surface area contributed by atoms with E-state index in [0.29, 0.717) is 10.8 Å². The number of aromatic amines is 1. The van der Waals surface area contributed by atoms with Gasteiger partial charge < -0.3 is 4.98 Å². The number of nitrogens with one attached hydrogen (secondary N) is 2. The molecule has 1 aromatic heterocycles. The van der Waals surface area contributed by atoms with Gasteiger partial charge in [0.15, 0.2) is 0 Å². The Balaban J connectivity index is 2.05. The average molecular weight is 353 g/mol. The quantitative estimate of drug-likeness (QED) is 0.760. The van der Waals surface area contributed by atoms with Crippen molar-refractivity contribution in [2.24, 2.45) is 0 Å². The number of aromatic nitrogens is 1. The summed E-state index contributed by atoms with van der Waals surface area (Å²) in [7, 11) is -4.17. The molecule has 0 saturated carbocycles. The average Bonchev–Trinajstić information content (AvgIpc) is 2.50. The van der Waals surface area contributed by atoms with Crippen molar-refractivity contribution in [2.75, 3.05) is 4.72 Å². The zero-order chi connectivity index (χ0) is 16.6. The van der Waals surface area contributed by atoms with Crippen LogP contribution in [-0.2, 0) is 10.0 Å². The molecular weight excluding hydrogens is 343 g/mol. The minimum atomic E-state index is -4.17. The number of hydrogen-bond donors (Lipinski definition) is 2. The van der Waals surface area contributed by atoms with Crippen LogP contribution in [-0.4, -0.2) is 13.4 Å². The zero-order valence-electron chi connectivity index (χ0n) is 11.5. The van der Waals surface area contributed by atoms with Crippen LogP contribution in [0.1, 0.15) is 0 Å². The van der Waals surface area contributed by atoms with E-state index in [1.54, 1.807) is 12.1 Å². The summed E-state index contributed by atoms with van der Waals surface area (Å²) in [4.78, 5) is 13.7. The molecule has 0 atom stereocenters. The van der Waals surface area contributed by atoms with Crippen LogP contribution in [0.2, 0.25) is 5.02 Å². The summed E-state index contributed by atoms with van der Waals surface area (Å²) >= 11 is 5.72. The SMILES string of the molecule is O=c1[nH]ccc2ccc(NS(=O)(=O)c3cc(Cl)ccc3F)cc12. The van der Waals surface area contributed by atoms with E-state index in [1.807, 2.05) is 0 Å². The number of sulfonamides is 1. The van der Waals surface area contributed by atoms with E-state index in [0.717, 1.165) is 12.1 Å². The van der Waals surface area contributed by atoms with Crippen molar-refractivity contribution in [3.05, 3.63) is 69.9 Å². The van der Waals surface area contributed by atoms with E-state index < -0.39 is 20.7 Å². The van der Waals surface area contributed by atoms with Crippen molar-refractivity contribution >= 4 is 38.1 Å². The van der Waals surface area contributed by atoms with E-state index in [4.69, 9.17) is 11.6 Å². The van der Waals surface area contributed by atoms with Crippen LogP contribution >= 0.6 is 11.6 Å². The normalized spacial score (nSPS) is 11.6. The molecule has 2 N–H and O–H groups in total. The first-order chi connectivity index (χ1) is 10.9. The molecule has 2 aromatic carbocycles. The molecule has 118 valence electrons. The number of rotatable bonds is 3.